The molecular weight excluding hydrogens is 170 g/mol. The number of quaternary nitrogens is 1. The zero-order valence-corrected chi connectivity index (χ0v) is 8.49. The molecule has 0 fully saturated rings. The fourth-order valence-electron chi connectivity index (χ4n) is 0.798. The van der Waals surface area contributed by atoms with Gasteiger partial charge in [-0.15, -0.1) is 0 Å². The van der Waals surface area contributed by atoms with E-state index in [2.05, 4.69) is 6.58 Å². The van der Waals surface area contributed by atoms with E-state index in [0.29, 0.717) is 11.0 Å². The van der Waals surface area contributed by atoms with Crippen molar-refractivity contribution >= 4 is 5.97 Å². The van der Waals surface area contributed by atoms with E-state index >= 15 is 0 Å². The normalized spacial score (nSPS) is 13.5. The molecule has 0 aromatic heterocycles. The number of carbonyl (C=O) groups excluding carboxylic acids is 1. The molecule has 0 saturated heterocycles. The lowest BCUT2D eigenvalue weighted by Gasteiger charge is -2.34. The predicted octanol–water partition coefficient (Wildman–Crippen LogP) is 0.130. The van der Waals surface area contributed by atoms with Crippen LogP contribution in [0.25, 0.3) is 0 Å². The Hall–Kier alpha value is -0.870. The maximum absolute atomic E-state index is 10.9. The molecule has 0 saturated carbocycles. The molecule has 0 spiro atoms. The number of ether oxygens (including phenoxy) is 1. The summed E-state index contributed by atoms with van der Waals surface area (Å²) in [4.78, 5) is 10.9. The minimum atomic E-state index is -0.434. The molecule has 76 valence electrons. The smallest absolute Gasteiger partial charge is 0.334 e. The van der Waals surface area contributed by atoms with Crippen molar-refractivity contribution in [2.24, 2.45) is 0 Å². The molecule has 13 heavy (non-hydrogen) atoms. The third kappa shape index (κ3) is 4.05. The van der Waals surface area contributed by atoms with Crippen molar-refractivity contribution in [1.29, 1.82) is 0 Å². The van der Waals surface area contributed by atoms with E-state index in [9.17, 15) is 4.79 Å². The van der Waals surface area contributed by atoms with Crippen molar-refractivity contribution in [3.05, 3.63) is 12.7 Å². The van der Waals surface area contributed by atoms with Crippen molar-refractivity contribution in [1.82, 2.24) is 0 Å². The van der Waals surface area contributed by atoms with Gasteiger partial charge >= 0.3 is 5.97 Å². The number of hydrogen-bond donors (Lipinski definition) is 1. The summed E-state index contributed by atoms with van der Waals surface area (Å²) in [6.45, 7) is 5.72. The van der Waals surface area contributed by atoms with E-state index in [4.69, 9.17) is 9.84 Å². The number of aliphatic hydroxyl groups is 1. The molecule has 0 rings (SSSR count). The molecule has 0 heterocycles. The summed E-state index contributed by atoms with van der Waals surface area (Å²) in [6, 6.07) is 0. The molecule has 4 heteroatoms. The second kappa shape index (κ2) is 4.99. The molecular formula is C9H18NO3+. The second-order valence-electron chi connectivity index (χ2n) is 3.47. The van der Waals surface area contributed by atoms with E-state index in [-0.39, 0.29) is 12.8 Å². The van der Waals surface area contributed by atoms with Crippen LogP contribution in [0, 0.1) is 0 Å². The topological polar surface area (TPSA) is 46.5 Å². The minimum Gasteiger partial charge on any atom is -0.410 e. The summed E-state index contributed by atoms with van der Waals surface area (Å²) in [5, 5.41) is 8.77. The average Bonchev–Trinajstić information content (AvgIpc) is 2.04. The van der Waals surface area contributed by atoms with Crippen LogP contribution in [0.3, 0.4) is 0 Å². The van der Waals surface area contributed by atoms with Crippen LogP contribution in [-0.4, -0.2) is 49.0 Å². The fourth-order valence-corrected chi connectivity index (χ4v) is 0.798. The zero-order chi connectivity index (χ0) is 10.5. The largest absolute Gasteiger partial charge is 0.410 e. The molecule has 1 atom stereocenters. The number of esters is 1. The van der Waals surface area contributed by atoms with Crippen molar-refractivity contribution in [2.75, 3.05) is 27.2 Å². The first-order valence-electron chi connectivity index (χ1n) is 4.20. The van der Waals surface area contributed by atoms with E-state index in [0.717, 1.165) is 6.08 Å². The summed E-state index contributed by atoms with van der Waals surface area (Å²) < 4.78 is 5.46. The van der Waals surface area contributed by atoms with Gasteiger partial charge in [-0.05, 0) is 0 Å². The van der Waals surface area contributed by atoms with Gasteiger partial charge in [0.05, 0.1) is 20.7 Å². The van der Waals surface area contributed by atoms with Crippen LogP contribution >= 0.6 is 0 Å². The van der Waals surface area contributed by atoms with Crippen LogP contribution in [0.15, 0.2) is 12.7 Å². The van der Waals surface area contributed by atoms with Crippen molar-refractivity contribution in [3.8, 4) is 0 Å². The van der Waals surface area contributed by atoms with Crippen LogP contribution in [-0.2, 0) is 9.53 Å². The Morgan fingerprint density at radius 1 is 1.69 bits per heavy atom. The molecule has 0 aromatic carbocycles. The van der Waals surface area contributed by atoms with Crippen molar-refractivity contribution in [2.45, 2.75) is 13.2 Å². The summed E-state index contributed by atoms with van der Waals surface area (Å²) in [5.41, 5.74) is 0. The number of hydrogen-bond acceptors (Lipinski definition) is 3. The van der Waals surface area contributed by atoms with Crippen LogP contribution in [0.2, 0.25) is 0 Å². The van der Waals surface area contributed by atoms with Gasteiger partial charge < -0.3 is 9.84 Å². The molecule has 0 aliphatic rings. The van der Waals surface area contributed by atoms with Crippen LogP contribution in [0.4, 0.5) is 0 Å². The highest BCUT2D eigenvalue weighted by molar-refractivity contribution is 5.81. The SMILES string of the molecule is C=CC(=O)OC(C)[N+](C)(C)CCO. The van der Waals surface area contributed by atoms with Crippen molar-refractivity contribution < 1.29 is 19.1 Å². The Bertz CT molecular complexity index is 189. The zero-order valence-electron chi connectivity index (χ0n) is 8.49. The van der Waals surface area contributed by atoms with Gasteiger partial charge in [0.25, 0.3) is 0 Å². The van der Waals surface area contributed by atoms with Crippen LogP contribution in [0.5, 0.6) is 0 Å². The standard InChI is InChI=1S/C9H18NO3/c1-5-9(12)13-8(2)10(3,4)6-7-11/h5,8,11H,1,6-7H2,2-4H3/q+1. The quantitative estimate of drug-likeness (QED) is 0.289. The summed E-state index contributed by atoms with van der Waals surface area (Å²) in [6.07, 6.45) is 0.854. The van der Waals surface area contributed by atoms with Gasteiger partial charge in [0.15, 0.2) is 0 Å². The Kier molecular flexibility index (Phi) is 4.66. The number of nitrogens with zero attached hydrogens (tertiary/aromatic N) is 1. The number of likely N-dealkylation sites (N-methyl/N-ethyl adjacent to an activating group) is 1. The van der Waals surface area contributed by atoms with Crippen LogP contribution < -0.4 is 0 Å². The Morgan fingerprint density at radius 2 is 2.23 bits per heavy atom. The molecule has 0 bridgehead atoms. The third-order valence-electron chi connectivity index (χ3n) is 2.11. The molecule has 0 aliphatic heterocycles. The maximum Gasteiger partial charge on any atom is 0.334 e. The maximum atomic E-state index is 10.9. The fraction of sp³-hybridized carbons (Fsp3) is 0.667. The summed E-state index contributed by atoms with van der Waals surface area (Å²) in [5.74, 6) is -0.434. The predicted molar refractivity (Wildman–Crippen MR) is 49.8 cm³/mol. The Balaban J connectivity index is 4.14. The monoisotopic (exact) mass is 188 g/mol. The lowest BCUT2D eigenvalue weighted by atomic mass is 10.4. The highest BCUT2D eigenvalue weighted by atomic mass is 16.6. The average molecular weight is 188 g/mol. The number of rotatable bonds is 5. The first-order valence-corrected chi connectivity index (χ1v) is 4.20. The first-order chi connectivity index (χ1) is 5.94. The van der Waals surface area contributed by atoms with Gasteiger partial charge in [-0.25, -0.2) is 4.79 Å². The molecule has 4 nitrogen and oxygen atoms in total. The van der Waals surface area contributed by atoms with Gasteiger partial charge in [0, 0.05) is 13.0 Å². The lowest BCUT2D eigenvalue weighted by molar-refractivity contribution is -0.932. The molecule has 0 aliphatic carbocycles. The third-order valence-corrected chi connectivity index (χ3v) is 2.11. The van der Waals surface area contributed by atoms with Gasteiger partial charge in [0.2, 0.25) is 6.23 Å². The molecule has 0 radical (unpaired) electrons. The highest BCUT2D eigenvalue weighted by Gasteiger charge is 2.25. The van der Waals surface area contributed by atoms with E-state index in [1.165, 1.54) is 0 Å². The summed E-state index contributed by atoms with van der Waals surface area (Å²) in [7, 11) is 3.77. The van der Waals surface area contributed by atoms with Gasteiger partial charge in [-0.2, -0.15) is 0 Å². The van der Waals surface area contributed by atoms with Gasteiger partial charge in [-0.3, -0.25) is 4.48 Å². The summed E-state index contributed by atoms with van der Waals surface area (Å²) >= 11 is 0. The van der Waals surface area contributed by atoms with Gasteiger partial charge in [0.1, 0.15) is 6.54 Å². The first kappa shape index (κ1) is 12.1. The molecule has 0 aromatic rings. The molecule has 1 unspecified atom stereocenters. The number of carbonyl (C=O) groups is 1. The Labute approximate surface area is 79.0 Å². The molecule has 0 amide bonds. The van der Waals surface area contributed by atoms with E-state index in [1.54, 1.807) is 6.92 Å². The van der Waals surface area contributed by atoms with E-state index < -0.39 is 5.97 Å². The van der Waals surface area contributed by atoms with Crippen LogP contribution in [0.1, 0.15) is 6.92 Å². The van der Waals surface area contributed by atoms with Gasteiger partial charge in [-0.1, -0.05) is 6.58 Å². The second-order valence-corrected chi connectivity index (χ2v) is 3.47. The van der Waals surface area contributed by atoms with E-state index in [1.807, 2.05) is 14.1 Å². The Morgan fingerprint density at radius 3 is 2.62 bits per heavy atom. The molecule has 1 N–H and O–H groups in total. The highest BCUT2D eigenvalue weighted by Crippen LogP contribution is 2.07. The lowest BCUT2D eigenvalue weighted by Crippen LogP contribution is -2.50. The number of aliphatic hydroxyl groups excluding tert-OH is 1. The van der Waals surface area contributed by atoms with Crippen molar-refractivity contribution in [3.63, 3.8) is 0 Å². The minimum absolute atomic E-state index is 0.0724.